The van der Waals surface area contributed by atoms with E-state index < -0.39 is 22.5 Å². The number of nitrogens with zero attached hydrogens (tertiary/aromatic N) is 3. The topological polar surface area (TPSA) is 91.3 Å². The van der Waals surface area contributed by atoms with Gasteiger partial charge in [0.25, 0.3) is 15.9 Å². The number of para-hydroxylation sites is 2. The highest BCUT2D eigenvalue weighted by atomic mass is 32.2. The van der Waals surface area contributed by atoms with Crippen LogP contribution in [0.4, 0.5) is 11.4 Å². The first kappa shape index (κ1) is 24.8. The molecule has 0 radical (unpaired) electrons. The molecule has 3 aromatic rings. The van der Waals surface area contributed by atoms with E-state index in [0.29, 0.717) is 12.4 Å². The molecule has 0 unspecified atom stereocenters. The number of ether oxygens (including phenoxy) is 1. The van der Waals surface area contributed by atoms with Crippen LogP contribution in [0.5, 0.6) is 5.75 Å². The highest BCUT2D eigenvalue weighted by Gasteiger charge is 2.29. The second-order valence-corrected chi connectivity index (χ2v) is 9.37. The third-order valence-corrected chi connectivity index (χ3v) is 6.64. The van der Waals surface area contributed by atoms with Gasteiger partial charge < -0.3 is 9.64 Å². The van der Waals surface area contributed by atoms with E-state index in [2.05, 4.69) is 10.5 Å². The number of rotatable bonds is 10. The maximum atomic E-state index is 13.5. The Morgan fingerprint density at radius 1 is 0.971 bits per heavy atom. The summed E-state index contributed by atoms with van der Waals surface area (Å²) in [6.07, 6.45) is 1.50. The second kappa shape index (κ2) is 11.3. The molecule has 0 saturated carbocycles. The SMILES string of the molecule is CCOc1ccccc1N(CC(=O)N/N=C\c1ccc(N(C)C)cc1)S(=O)(=O)c1ccccc1. The third-order valence-electron chi connectivity index (χ3n) is 4.86. The predicted molar refractivity (Wildman–Crippen MR) is 135 cm³/mol. The number of carbonyl (C=O) groups excluding carboxylic acids is 1. The first-order valence-corrected chi connectivity index (χ1v) is 12.2. The minimum Gasteiger partial charge on any atom is -0.492 e. The highest BCUT2D eigenvalue weighted by Crippen LogP contribution is 2.32. The number of sulfonamides is 1. The van der Waals surface area contributed by atoms with Gasteiger partial charge in [-0.25, -0.2) is 13.8 Å². The summed E-state index contributed by atoms with van der Waals surface area (Å²) < 4.78 is 33.6. The molecular formula is C25H28N4O4S. The Balaban J connectivity index is 1.83. The number of anilines is 2. The first-order chi connectivity index (χ1) is 16.3. The van der Waals surface area contributed by atoms with Gasteiger partial charge in [-0.3, -0.25) is 9.10 Å². The Morgan fingerprint density at radius 2 is 1.62 bits per heavy atom. The predicted octanol–water partition coefficient (Wildman–Crippen LogP) is 3.50. The lowest BCUT2D eigenvalue weighted by Gasteiger charge is -2.25. The van der Waals surface area contributed by atoms with Crippen molar-refractivity contribution >= 4 is 33.5 Å². The summed E-state index contributed by atoms with van der Waals surface area (Å²) in [6, 6.07) is 22.3. The molecule has 0 aliphatic rings. The summed E-state index contributed by atoms with van der Waals surface area (Å²) in [6.45, 7) is 1.68. The van der Waals surface area contributed by atoms with Crippen molar-refractivity contribution < 1.29 is 17.9 Å². The molecule has 9 heteroatoms. The second-order valence-electron chi connectivity index (χ2n) is 7.50. The van der Waals surface area contributed by atoms with Crippen molar-refractivity contribution in [1.82, 2.24) is 5.43 Å². The molecule has 0 heterocycles. The number of nitrogens with one attached hydrogen (secondary N) is 1. The van der Waals surface area contributed by atoms with Crippen molar-refractivity contribution in [3.63, 3.8) is 0 Å². The number of benzene rings is 3. The Morgan fingerprint density at radius 3 is 2.26 bits per heavy atom. The molecule has 0 aromatic heterocycles. The third kappa shape index (κ3) is 6.14. The average molecular weight is 481 g/mol. The van der Waals surface area contributed by atoms with E-state index in [1.807, 2.05) is 43.3 Å². The lowest BCUT2D eigenvalue weighted by Crippen LogP contribution is -2.39. The monoisotopic (exact) mass is 480 g/mol. The lowest BCUT2D eigenvalue weighted by atomic mass is 10.2. The average Bonchev–Trinajstić information content (AvgIpc) is 2.84. The molecule has 8 nitrogen and oxygen atoms in total. The van der Waals surface area contributed by atoms with Crippen molar-refractivity contribution in [2.24, 2.45) is 5.10 Å². The maximum Gasteiger partial charge on any atom is 0.264 e. The van der Waals surface area contributed by atoms with Gasteiger partial charge in [0, 0.05) is 19.8 Å². The van der Waals surface area contributed by atoms with Crippen LogP contribution in [0.2, 0.25) is 0 Å². The van der Waals surface area contributed by atoms with Gasteiger partial charge in [0.2, 0.25) is 0 Å². The molecule has 0 aliphatic heterocycles. The van der Waals surface area contributed by atoms with E-state index in [0.717, 1.165) is 15.6 Å². The Hall–Kier alpha value is -3.85. The van der Waals surface area contributed by atoms with E-state index in [1.165, 1.54) is 18.3 Å². The van der Waals surface area contributed by atoms with Crippen LogP contribution in [0.15, 0.2) is 88.9 Å². The van der Waals surface area contributed by atoms with Gasteiger partial charge in [-0.05, 0) is 48.9 Å². The quantitative estimate of drug-likeness (QED) is 0.354. The number of hydrogen-bond donors (Lipinski definition) is 1. The van der Waals surface area contributed by atoms with Crippen molar-refractivity contribution in [3.05, 3.63) is 84.4 Å². The number of amides is 1. The highest BCUT2D eigenvalue weighted by molar-refractivity contribution is 7.92. The molecule has 0 aliphatic carbocycles. The van der Waals surface area contributed by atoms with Crippen LogP contribution in [-0.4, -0.2) is 47.8 Å². The van der Waals surface area contributed by atoms with Crippen molar-refractivity contribution in [2.45, 2.75) is 11.8 Å². The summed E-state index contributed by atoms with van der Waals surface area (Å²) >= 11 is 0. The van der Waals surface area contributed by atoms with Crippen molar-refractivity contribution in [3.8, 4) is 5.75 Å². The van der Waals surface area contributed by atoms with Gasteiger partial charge in [0.05, 0.1) is 23.4 Å². The minimum absolute atomic E-state index is 0.0681. The van der Waals surface area contributed by atoms with Gasteiger partial charge >= 0.3 is 0 Å². The molecule has 3 rings (SSSR count). The summed E-state index contributed by atoms with van der Waals surface area (Å²) in [5.74, 6) is -0.228. The van der Waals surface area contributed by atoms with Crippen LogP contribution in [0.1, 0.15) is 12.5 Å². The zero-order chi connectivity index (χ0) is 24.6. The molecule has 1 amide bonds. The van der Waals surface area contributed by atoms with Gasteiger partial charge in [-0.1, -0.05) is 42.5 Å². The Labute approximate surface area is 200 Å². The van der Waals surface area contributed by atoms with Crippen LogP contribution in [0.25, 0.3) is 0 Å². The van der Waals surface area contributed by atoms with E-state index in [1.54, 1.807) is 49.4 Å². The minimum atomic E-state index is -4.04. The van der Waals surface area contributed by atoms with E-state index in [9.17, 15) is 13.2 Å². The summed E-state index contributed by atoms with van der Waals surface area (Å²) in [5.41, 5.74) is 4.52. The first-order valence-electron chi connectivity index (χ1n) is 10.7. The normalized spacial score (nSPS) is 11.3. The molecule has 3 aromatic carbocycles. The molecule has 0 saturated heterocycles. The molecular weight excluding hydrogens is 452 g/mol. The van der Waals surface area contributed by atoms with Gasteiger partial charge in [-0.2, -0.15) is 5.10 Å². The smallest absolute Gasteiger partial charge is 0.264 e. The van der Waals surface area contributed by atoms with Crippen molar-refractivity contribution in [1.29, 1.82) is 0 Å². The number of hydrogen-bond acceptors (Lipinski definition) is 6. The maximum absolute atomic E-state index is 13.5. The van der Waals surface area contributed by atoms with Gasteiger partial charge in [-0.15, -0.1) is 0 Å². The molecule has 178 valence electrons. The summed E-state index contributed by atoms with van der Waals surface area (Å²) in [5, 5.41) is 3.99. The van der Waals surface area contributed by atoms with E-state index >= 15 is 0 Å². The standard InChI is InChI=1S/C25H28N4O4S/c1-4-33-24-13-9-8-12-23(24)29(34(31,32)22-10-6-5-7-11-22)19-25(30)27-26-18-20-14-16-21(17-15-20)28(2)3/h5-18H,4,19H2,1-3H3,(H,27,30)/b26-18-. The van der Waals surface area contributed by atoms with Gasteiger partial charge in [0.15, 0.2) is 0 Å². The van der Waals surface area contributed by atoms with Gasteiger partial charge in [0.1, 0.15) is 12.3 Å². The van der Waals surface area contributed by atoms with Crippen LogP contribution >= 0.6 is 0 Å². The van der Waals surface area contributed by atoms with Crippen molar-refractivity contribution in [2.75, 3.05) is 36.5 Å². The van der Waals surface area contributed by atoms with Crippen LogP contribution in [0.3, 0.4) is 0 Å². The molecule has 0 atom stereocenters. The molecule has 0 spiro atoms. The molecule has 1 N–H and O–H groups in total. The summed E-state index contributed by atoms with van der Waals surface area (Å²) in [4.78, 5) is 14.8. The number of carbonyl (C=O) groups is 1. The zero-order valence-electron chi connectivity index (χ0n) is 19.4. The fourth-order valence-corrected chi connectivity index (χ4v) is 4.62. The largest absolute Gasteiger partial charge is 0.492 e. The van der Waals surface area contributed by atoms with E-state index in [-0.39, 0.29) is 10.6 Å². The van der Waals surface area contributed by atoms with E-state index in [4.69, 9.17) is 4.74 Å². The Kier molecular flexibility index (Phi) is 8.26. The van der Waals surface area contributed by atoms with Crippen LogP contribution in [0, 0.1) is 0 Å². The zero-order valence-corrected chi connectivity index (χ0v) is 20.2. The number of hydrazone groups is 1. The summed E-state index contributed by atoms with van der Waals surface area (Å²) in [7, 11) is -0.151. The molecule has 34 heavy (non-hydrogen) atoms. The molecule has 0 bridgehead atoms. The molecule has 0 fully saturated rings. The van der Waals surface area contributed by atoms with Crippen LogP contribution in [-0.2, 0) is 14.8 Å². The Bertz CT molecular complexity index is 1230. The fraction of sp³-hybridized carbons (Fsp3) is 0.200. The fourth-order valence-electron chi connectivity index (χ4n) is 3.16. The van der Waals surface area contributed by atoms with Crippen LogP contribution < -0.4 is 19.4 Å². The lowest BCUT2D eigenvalue weighted by molar-refractivity contribution is -0.119.